The molecule has 2 aliphatic rings. The summed E-state index contributed by atoms with van der Waals surface area (Å²) in [5.74, 6) is 2.07. The molecule has 0 spiro atoms. The molecule has 2 aromatic carbocycles. The molecule has 30 heavy (non-hydrogen) atoms. The van der Waals surface area contributed by atoms with Gasteiger partial charge in [-0.05, 0) is 0 Å². The van der Waals surface area contributed by atoms with Gasteiger partial charge in [0.2, 0.25) is 0 Å². The Morgan fingerprint density at radius 3 is 2.27 bits per heavy atom. The average Bonchev–Trinajstić information content (AvgIpc) is 3.42. The molecule has 0 atom stereocenters. The monoisotopic (exact) mass is 430 g/mol. The Morgan fingerprint density at radius 1 is 0.967 bits per heavy atom. The van der Waals surface area contributed by atoms with Gasteiger partial charge in [0.05, 0.1) is 0 Å². The van der Waals surface area contributed by atoms with E-state index in [-0.39, 0.29) is 0 Å². The molecule has 4 rings (SSSR count). The van der Waals surface area contributed by atoms with Crippen molar-refractivity contribution in [3.05, 3.63) is 75.7 Å². The summed E-state index contributed by atoms with van der Waals surface area (Å²) in [6, 6.07) is 13.7. The van der Waals surface area contributed by atoms with Gasteiger partial charge < -0.3 is 0 Å². The summed E-state index contributed by atoms with van der Waals surface area (Å²) in [5, 5.41) is 0. The van der Waals surface area contributed by atoms with E-state index in [1.54, 1.807) is 6.08 Å². The van der Waals surface area contributed by atoms with Crippen molar-refractivity contribution >= 4 is 20.6 Å². The first-order chi connectivity index (χ1) is 14.4. The van der Waals surface area contributed by atoms with Crippen LogP contribution in [0.1, 0.15) is 17.5 Å². The number of benzene rings is 2. The third-order valence-electron chi connectivity index (χ3n) is 5.67. The molecule has 0 amide bonds. The van der Waals surface area contributed by atoms with E-state index >= 15 is 0 Å². The van der Waals surface area contributed by atoms with Gasteiger partial charge in [-0.3, -0.25) is 0 Å². The van der Waals surface area contributed by atoms with E-state index < -0.39 is 27.6 Å². The molecule has 2 aromatic rings. The topological polar surface area (TPSA) is 52.6 Å². The first-order valence-electron chi connectivity index (χ1n) is 9.40. The van der Waals surface area contributed by atoms with Gasteiger partial charge in [-0.15, -0.1) is 0 Å². The summed E-state index contributed by atoms with van der Waals surface area (Å²) in [5.41, 5.74) is 4.11. The predicted octanol–water partition coefficient (Wildman–Crippen LogP) is 3.03. The van der Waals surface area contributed by atoms with Gasteiger partial charge in [0.25, 0.3) is 0 Å². The van der Waals surface area contributed by atoms with Crippen molar-refractivity contribution in [2.24, 2.45) is 0 Å². The van der Waals surface area contributed by atoms with E-state index in [0.29, 0.717) is 20.6 Å². The zero-order valence-electron chi connectivity index (χ0n) is 16.2. The van der Waals surface area contributed by atoms with E-state index in [4.69, 9.17) is 19.5 Å². The van der Waals surface area contributed by atoms with Crippen molar-refractivity contribution in [2.75, 3.05) is 0 Å². The van der Waals surface area contributed by atoms with Crippen LogP contribution in [0.15, 0.2) is 64.6 Å². The number of hydrogen-bond acceptors (Lipinski definition) is 4. The number of allylic oxidation sites excluding steroid dienone is 4. The Hall–Kier alpha value is -3.44. The summed E-state index contributed by atoms with van der Waals surface area (Å²) in [6.07, 6.45) is 17.1. The van der Waals surface area contributed by atoms with Crippen molar-refractivity contribution in [1.82, 2.24) is 0 Å². The van der Waals surface area contributed by atoms with Gasteiger partial charge in [-0.25, -0.2) is 0 Å². The third kappa shape index (κ3) is 2.90. The summed E-state index contributed by atoms with van der Waals surface area (Å²) in [7, 11) is 0. The number of fused-ring (bicyclic) bond motifs is 3. The van der Waals surface area contributed by atoms with Crippen molar-refractivity contribution in [2.45, 2.75) is 12.8 Å². The van der Waals surface area contributed by atoms with Gasteiger partial charge in [0.1, 0.15) is 0 Å². The molecule has 0 bridgehead atoms. The maximum absolute atomic E-state index is 12.4. The molecular formula is C25H18O4Ti. The zero-order valence-corrected chi connectivity index (χ0v) is 17.7. The van der Waals surface area contributed by atoms with Gasteiger partial charge in [-0.1, -0.05) is 0 Å². The van der Waals surface area contributed by atoms with Crippen LogP contribution in [0.2, 0.25) is 0 Å². The molecule has 0 saturated carbocycles. The van der Waals surface area contributed by atoms with Crippen molar-refractivity contribution in [3.63, 3.8) is 0 Å². The zero-order chi connectivity index (χ0) is 21.4. The molecule has 0 fully saturated rings. The van der Waals surface area contributed by atoms with E-state index in [0.717, 1.165) is 22.3 Å². The Labute approximate surface area is 176 Å². The van der Waals surface area contributed by atoms with Crippen LogP contribution in [0.5, 0.6) is 0 Å². The Bertz CT molecular complexity index is 1280. The van der Waals surface area contributed by atoms with Crippen LogP contribution >= 0.6 is 0 Å². The standard InChI is InChI=1S/C13H9.C5H5.2C3H2O2.CH2.Ti/c1-3-7-12-10(5-1)9-11-6-2-4-8-13(11)12;1-2-4-5-3-1;2*1-2-3(4)5;;/h1-5,7-8H,9H2;1-3H,4H2;2*1H,(H,4,5);1H2;/q;;;;;+2/p-2. The van der Waals surface area contributed by atoms with Crippen LogP contribution in [0, 0.1) is 24.7 Å². The second-order valence-corrected chi connectivity index (χ2v) is 13.7. The van der Waals surface area contributed by atoms with Crippen LogP contribution in [0.4, 0.5) is 0 Å². The third-order valence-corrected chi connectivity index (χ3v) is 12.6. The summed E-state index contributed by atoms with van der Waals surface area (Å²) in [6.45, 7) is 0. The molecule has 0 aliphatic heterocycles. The van der Waals surface area contributed by atoms with Gasteiger partial charge >= 0.3 is 177 Å². The number of carbonyl (C=O) groups excluding carboxylic acids is 2. The van der Waals surface area contributed by atoms with E-state index in [2.05, 4.69) is 4.82 Å². The summed E-state index contributed by atoms with van der Waals surface area (Å²) in [4.78, 5) is 29.2. The van der Waals surface area contributed by atoms with Crippen molar-refractivity contribution < 1.29 is 31.8 Å². The van der Waals surface area contributed by atoms with E-state index in [9.17, 15) is 9.59 Å². The molecule has 0 saturated heterocycles. The molecule has 0 aromatic heterocycles. The minimum absolute atomic E-state index is 0.424. The van der Waals surface area contributed by atoms with Crippen LogP contribution < -0.4 is 3.87 Å². The van der Waals surface area contributed by atoms with Gasteiger partial charge in [0, 0.05) is 0 Å². The number of carbonyl (C=O) groups is 2. The molecule has 146 valence electrons. The quantitative estimate of drug-likeness (QED) is 0.472. The fourth-order valence-electron chi connectivity index (χ4n) is 4.34. The van der Waals surface area contributed by atoms with Crippen LogP contribution in [0.25, 0.3) is 11.1 Å². The van der Waals surface area contributed by atoms with Crippen molar-refractivity contribution in [1.29, 1.82) is 0 Å². The van der Waals surface area contributed by atoms with Gasteiger partial charge in [0.15, 0.2) is 0 Å². The molecule has 2 aliphatic carbocycles. The second kappa shape index (κ2) is 7.11. The molecular weight excluding hydrogens is 412 g/mol. The van der Waals surface area contributed by atoms with Crippen LogP contribution in [-0.2, 0) is 38.3 Å². The molecule has 0 N–H and O–H groups in total. The summed E-state index contributed by atoms with van der Waals surface area (Å²) >= 11 is -5.48. The molecule has 0 unspecified atom stereocenters. The Kier molecular flexibility index (Phi) is 4.71. The molecule has 0 radical (unpaired) electrons. The van der Waals surface area contributed by atoms with Crippen molar-refractivity contribution in [3.8, 4) is 35.8 Å². The van der Waals surface area contributed by atoms with E-state index in [1.807, 2.05) is 66.5 Å². The maximum atomic E-state index is 12.4. The first-order valence-corrected chi connectivity index (χ1v) is 13.3. The number of terminal acetylenes is 2. The molecule has 5 heteroatoms. The SMILES string of the molecule is C#CC(=O)[O][Ti](=[CH2])([O]C(=O)C#C)([C]1=CC=CC1)[c]1cccc2c1Cc1ccccc1-2. The normalized spacial score (nSPS) is 14.0. The van der Waals surface area contributed by atoms with Crippen LogP contribution in [-0.4, -0.2) is 16.8 Å². The minimum atomic E-state index is -5.48. The Morgan fingerprint density at radius 2 is 1.63 bits per heavy atom. The number of rotatable bonds is 4. The van der Waals surface area contributed by atoms with E-state index in [1.165, 1.54) is 0 Å². The van der Waals surface area contributed by atoms with Gasteiger partial charge in [-0.2, -0.15) is 0 Å². The summed E-state index contributed by atoms with van der Waals surface area (Å²) < 4.78 is 13.0. The average molecular weight is 430 g/mol. The van der Waals surface area contributed by atoms with Crippen LogP contribution in [0.3, 0.4) is 0 Å². The fourth-order valence-corrected chi connectivity index (χ4v) is 10.6. The predicted molar refractivity (Wildman–Crippen MR) is 113 cm³/mol. The second-order valence-electron chi connectivity index (χ2n) is 7.32. The number of hydrogen-bond donors (Lipinski definition) is 0. The first kappa shape index (κ1) is 19.9. The molecule has 4 nitrogen and oxygen atoms in total. The Balaban J connectivity index is 2.05. The fraction of sp³-hybridized carbons (Fsp3) is 0.0800. The molecule has 0 heterocycles.